The summed E-state index contributed by atoms with van der Waals surface area (Å²) < 4.78 is 0.827. The van der Waals surface area contributed by atoms with Gasteiger partial charge in [0.15, 0.2) is 10.3 Å². The molecule has 292 valence electrons. The lowest BCUT2D eigenvalue weighted by atomic mass is 10.1. The highest BCUT2D eigenvalue weighted by molar-refractivity contribution is 8.29. The summed E-state index contributed by atoms with van der Waals surface area (Å²) in [4.78, 5) is 66.5. The minimum absolute atomic E-state index is 0.0882. The van der Waals surface area contributed by atoms with Crippen molar-refractivity contribution in [1.29, 1.82) is 0 Å². The molecule has 0 radical (unpaired) electrons. The van der Waals surface area contributed by atoms with Crippen LogP contribution in [0.25, 0.3) is 0 Å². The molecule has 0 atom stereocenters. The normalized spacial score (nSPS) is 15.7. The van der Waals surface area contributed by atoms with Gasteiger partial charge in [0.1, 0.15) is 8.64 Å². The maximum atomic E-state index is 13.4. The number of hydrogen-bond acceptors (Lipinski definition) is 12. The van der Waals surface area contributed by atoms with E-state index >= 15 is 0 Å². The van der Waals surface area contributed by atoms with Crippen LogP contribution >= 0.6 is 70.6 Å². The Bertz CT molecular complexity index is 2010. The molecule has 2 aliphatic rings. The number of anilines is 2. The zero-order valence-electron chi connectivity index (χ0n) is 31.1. The third-order valence-corrected chi connectivity index (χ3v) is 13.8. The van der Waals surface area contributed by atoms with Crippen molar-refractivity contribution in [2.24, 2.45) is 0 Å². The smallest absolute Gasteiger partial charge is 0.267 e. The van der Waals surface area contributed by atoms with Crippen molar-refractivity contribution in [3.63, 3.8) is 0 Å². The standard InChI is InChI=1S/C40H42N6O4S6/c1-25-11-9-13-27(19-25)21-29-23-41-37(53-29)43-31(47)15-5-3-7-17-45-35(49)33(55-39(45)51)34-36(50)46(40(52)56-34)18-8-4-6-16-32(48)44-38-42-24-30(54-38)22-28-14-10-12-26(2)20-28/h9-14,19-20,23-24H,3-8,15-18,21-22H2,1-2H3,(H,41,43,47)(H,42,44,48)/b34-33+. The molecule has 2 aromatic carbocycles. The first-order valence-corrected chi connectivity index (χ1v) is 22.5. The third-order valence-electron chi connectivity index (χ3n) is 9.00. The Labute approximate surface area is 354 Å². The number of thioether (sulfide) groups is 2. The molecule has 56 heavy (non-hydrogen) atoms. The minimum atomic E-state index is -0.281. The highest BCUT2D eigenvalue weighted by atomic mass is 32.2. The number of amides is 4. The number of rotatable bonds is 18. The summed E-state index contributed by atoms with van der Waals surface area (Å²) in [5, 5.41) is 6.99. The number of nitrogens with zero attached hydrogens (tertiary/aromatic N) is 4. The van der Waals surface area contributed by atoms with Crippen LogP contribution in [-0.2, 0) is 32.0 Å². The van der Waals surface area contributed by atoms with E-state index in [1.54, 1.807) is 0 Å². The first-order valence-electron chi connectivity index (χ1n) is 18.4. The minimum Gasteiger partial charge on any atom is -0.302 e. The van der Waals surface area contributed by atoms with Crippen LogP contribution in [0.1, 0.15) is 83.4 Å². The van der Waals surface area contributed by atoms with E-state index in [9.17, 15) is 19.2 Å². The molecule has 0 saturated carbocycles. The number of benzene rings is 2. The van der Waals surface area contributed by atoms with Gasteiger partial charge in [-0.3, -0.25) is 29.0 Å². The molecule has 4 heterocycles. The van der Waals surface area contributed by atoms with Crippen molar-refractivity contribution in [3.8, 4) is 0 Å². The maximum Gasteiger partial charge on any atom is 0.267 e. The Hall–Kier alpha value is -3.80. The lowest BCUT2D eigenvalue weighted by Gasteiger charge is -2.14. The van der Waals surface area contributed by atoms with Gasteiger partial charge in [-0.15, -0.1) is 22.7 Å². The lowest BCUT2D eigenvalue weighted by Crippen LogP contribution is -2.31. The molecule has 4 aromatic rings. The summed E-state index contributed by atoms with van der Waals surface area (Å²) >= 11 is 16.3. The number of aryl methyl sites for hydroxylation is 2. The Kier molecular flexibility index (Phi) is 15.0. The molecule has 0 spiro atoms. The van der Waals surface area contributed by atoms with E-state index in [1.807, 2.05) is 24.5 Å². The van der Waals surface area contributed by atoms with Gasteiger partial charge >= 0.3 is 0 Å². The van der Waals surface area contributed by atoms with Gasteiger partial charge in [-0.1, -0.05) is 120 Å². The second kappa shape index (κ2) is 20.1. The molecule has 6 rings (SSSR count). The van der Waals surface area contributed by atoms with Crippen molar-refractivity contribution in [3.05, 3.63) is 103 Å². The van der Waals surface area contributed by atoms with E-state index in [-0.39, 0.29) is 23.6 Å². The van der Waals surface area contributed by atoms with Crippen molar-refractivity contribution in [2.45, 2.75) is 78.1 Å². The molecule has 2 aromatic heterocycles. The van der Waals surface area contributed by atoms with E-state index < -0.39 is 0 Å². The Morgan fingerprint density at radius 3 is 1.48 bits per heavy atom. The predicted octanol–water partition coefficient (Wildman–Crippen LogP) is 9.03. The van der Waals surface area contributed by atoms with Crippen molar-refractivity contribution >= 4 is 113 Å². The van der Waals surface area contributed by atoms with Gasteiger partial charge in [0, 0.05) is 60.9 Å². The molecule has 0 unspecified atom stereocenters. The van der Waals surface area contributed by atoms with Crippen molar-refractivity contribution < 1.29 is 19.2 Å². The van der Waals surface area contributed by atoms with E-state index in [1.165, 1.54) is 54.7 Å². The number of carbonyl (C=O) groups is 4. The number of unbranched alkanes of at least 4 members (excludes halogenated alkanes) is 4. The number of hydrogen-bond donors (Lipinski definition) is 2. The van der Waals surface area contributed by atoms with Crippen LogP contribution < -0.4 is 10.6 Å². The molecule has 16 heteroatoms. The lowest BCUT2D eigenvalue weighted by molar-refractivity contribution is -0.124. The molecule has 2 saturated heterocycles. The summed E-state index contributed by atoms with van der Waals surface area (Å²) in [6.45, 7) is 4.96. The number of thiazole rings is 2. The van der Waals surface area contributed by atoms with Gasteiger partial charge < -0.3 is 10.6 Å². The molecule has 2 N–H and O–H groups in total. The molecule has 0 aliphatic carbocycles. The predicted molar refractivity (Wildman–Crippen MR) is 237 cm³/mol. The zero-order valence-corrected chi connectivity index (χ0v) is 36.0. The van der Waals surface area contributed by atoms with Crippen LogP contribution in [0.4, 0.5) is 10.3 Å². The van der Waals surface area contributed by atoms with E-state index in [2.05, 4.69) is 70.8 Å². The Balaban J connectivity index is 0.867. The SMILES string of the molecule is Cc1cccc(Cc2cnc(NC(=O)CCCCCN3C(=O)/C(=C4\SC(=S)N(CCCCCC(=O)Nc5ncc(Cc6cccc(C)c6)s5)C4=O)SC3=S)s2)c1. The molecular formula is C40H42N6O4S6. The van der Waals surface area contributed by atoms with Crippen molar-refractivity contribution in [1.82, 2.24) is 19.8 Å². The van der Waals surface area contributed by atoms with Crippen molar-refractivity contribution in [2.75, 3.05) is 23.7 Å². The first kappa shape index (κ1) is 41.8. The molecular weight excluding hydrogens is 821 g/mol. The maximum absolute atomic E-state index is 13.4. The molecule has 0 bridgehead atoms. The number of nitrogens with one attached hydrogen (secondary N) is 2. The second-order valence-electron chi connectivity index (χ2n) is 13.6. The molecule has 2 aliphatic heterocycles. The summed E-state index contributed by atoms with van der Waals surface area (Å²) in [5.41, 5.74) is 4.84. The van der Waals surface area contributed by atoms with Gasteiger partial charge in [-0.2, -0.15) is 0 Å². The van der Waals surface area contributed by atoms with E-state index in [0.29, 0.717) is 80.3 Å². The summed E-state index contributed by atoms with van der Waals surface area (Å²) in [5.74, 6) is -0.738. The van der Waals surface area contributed by atoms with Crippen LogP contribution in [0.5, 0.6) is 0 Å². The average Bonchev–Trinajstić information content (AvgIpc) is 3.92. The van der Waals surface area contributed by atoms with Crippen LogP contribution in [0.2, 0.25) is 0 Å². The number of thiocarbonyl (C=S) groups is 2. The number of carbonyl (C=O) groups excluding carboxylic acids is 4. The second-order valence-corrected chi connectivity index (χ2v) is 19.1. The largest absolute Gasteiger partial charge is 0.302 e. The van der Waals surface area contributed by atoms with Gasteiger partial charge in [-0.05, 0) is 50.7 Å². The molecule has 4 amide bonds. The van der Waals surface area contributed by atoms with Crippen LogP contribution in [0.3, 0.4) is 0 Å². The van der Waals surface area contributed by atoms with E-state index in [4.69, 9.17) is 24.4 Å². The average molecular weight is 863 g/mol. The fourth-order valence-electron chi connectivity index (χ4n) is 6.22. The fourth-order valence-corrected chi connectivity index (χ4v) is 10.7. The highest BCUT2D eigenvalue weighted by Crippen LogP contribution is 2.42. The first-order chi connectivity index (χ1) is 27.0. The molecule has 2 fully saturated rings. The van der Waals surface area contributed by atoms with Crippen LogP contribution in [-0.4, -0.2) is 65.1 Å². The monoisotopic (exact) mass is 862 g/mol. The number of aromatic nitrogens is 2. The summed E-state index contributed by atoms with van der Waals surface area (Å²) in [6.07, 6.45) is 10.00. The summed E-state index contributed by atoms with van der Waals surface area (Å²) in [7, 11) is 0. The third kappa shape index (κ3) is 11.6. The Morgan fingerprint density at radius 2 is 1.07 bits per heavy atom. The van der Waals surface area contributed by atoms with E-state index in [0.717, 1.165) is 59.0 Å². The van der Waals surface area contributed by atoms with Gasteiger partial charge in [-0.25, -0.2) is 9.97 Å². The highest BCUT2D eigenvalue weighted by Gasteiger charge is 2.41. The summed E-state index contributed by atoms with van der Waals surface area (Å²) in [6, 6.07) is 16.7. The fraction of sp³-hybridized carbons (Fsp3) is 0.350. The van der Waals surface area contributed by atoms with Crippen LogP contribution in [0.15, 0.2) is 70.7 Å². The van der Waals surface area contributed by atoms with Gasteiger partial charge in [0.25, 0.3) is 11.8 Å². The topological polar surface area (TPSA) is 125 Å². The van der Waals surface area contributed by atoms with Crippen LogP contribution in [0, 0.1) is 13.8 Å². The molecule has 10 nitrogen and oxygen atoms in total. The van der Waals surface area contributed by atoms with Gasteiger partial charge in [0.05, 0.1) is 9.81 Å². The zero-order chi connectivity index (χ0) is 39.6. The van der Waals surface area contributed by atoms with Gasteiger partial charge in [0.2, 0.25) is 11.8 Å². The Morgan fingerprint density at radius 1 is 0.643 bits per heavy atom. The quantitative estimate of drug-likeness (QED) is 0.0569.